The SMILES string of the molecule is CNCC(C)NCc1cccc(C)c1C. The highest BCUT2D eigenvalue weighted by Crippen LogP contribution is 2.12. The molecule has 0 saturated heterocycles. The Hall–Kier alpha value is -0.860. The smallest absolute Gasteiger partial charge is 0.0211 e. The third-order valence-electron chi connectivity index (χ3n) is 2.87. The molecule has 1 rings (SSSR count). The Labute approximate surface area is 93.1 Å². The topological polar surface area (TPSA) is 24.1 Å². The van der Waals surface area contributed by atoms with E-state index in [1.54, 1.807) is 0 Å². The summed E-state index contributed by atoms with van der Waals surface area (Å²) in [6.45, 7) is 8.51. The van der Waals surface area contributed by atoms with Gasteiger partial charge >= 0.3 is 0 Å². The summed E-state index contributed by atoms with van der Waals surface area (Å²) in [4.78, 5) is 0. The van der Waals surface area contributed by atoms with Gasteiger partial charge in [-0.1, -0.05) is 18.2 Å². The van der Waals surface area contributed by atoms with E-state index >= 15 is 0 Å². The maximum atomic E-state index is 3.51. The molecule has 2 heteroatoms. The number of nitrogens with one attached hydrogen (secondary N) is 2. The van der Waals surface area contributed by atoms with Gasteiger partial charge in [0.1, 0.15) is 0 Å². The second-order valence-electron chi connectivity index (χ2n) is 4.20. The third kappa shape index (κ3) is 3.65. The van der Waals surface area contributed by atoms with Crippen LogP contribution in [0.3, 0.4) is 0 Å². The molecule has 1 aromatic rings. The number of hydrogen-bond donors (Lipinski definition) is 2. The van der Waals surface area contributed by atoms with Gasteiger partial charge in [0.25, 0.3) is 0 Å². The Kier molecular flexibility index (Phi) is 4.79. The van der Waals surface area contributed by atoms with E-state index in [4.69, 9.17) is 0 Å². The van der Waals surface area contributed by atoms with Gasteiger partial charge < -0.3 is 10.6 Å². The van der Waals surface area contributed by atoms with Gasteiger partial charge in [0.05, 0.1) is 0 Å². The van der Waals surface area contributed by atoms with Gasteiger partial charge in [-0.05, 0) is 44.5 Å². The average molecular weight is 206 g/mol. The van der Waals surface area contributed by atoms with E-state index < -0.39 is 0 Å². The van der Waals surface area contributed by atoms with Crippen LogP contribution in [0.4, 0.5) is 0 Å². The molecule has 0 radical (unpaired) electrons. The summed E-state index contributed by atoms with van der Waals surface area (Å²) >= 11 is 0. The van der Waals surface area contributed by atoms with Gasteiger partial charge in [0, 0.05) is 19.1 Å². The van der Waals surface area contributed by atoms with Crippen LogP contribution in [0.25, 0.3) is 0 Å². The predicted molar refractivity (Wildman–Crippen MR) is 66.1 cm³/mol. The number of benzene rings is 1. The first-order valence-electron chi connectivity index (χ1n) is 5.58. The molecular formula is C13H22N2. The Morgan fingerprint density at radius 1 is 1.27 bits per heavy atom. The molecule has 15 heavy (non-hydrogen) atoms. The first-order valence-corrected chi connectivity index (χ1v) is 5.58. The molecule has 0 bridgehead atoms. The second-order valence-corrected chi connectivity index (χ2v) is 4.20. The van der Waals surface area contributed by atoms with E-state index in [1.165, 1.54) is 16.7 Å². The minimum Gasteiger partial charge on any atom is -0.318 e. The van der Waals surface area contributed by atoms with Crippen LogP contribution in [-0.2, 0) is 6.54 Å². The van der Waals surface area contributed by atoms with Gasteiger partial charge in [-0.25, -0.2) is 0 Å². The van der Waals surface area contributed by atoms with Crippen LogP contribution in [0.5, 0.6) is 0 Å². The van der Waals surface area contributed by atoms with Crippen molar-refractivity contribution in [1.82, 2.24) is 10.6 Å². The van der Waals surface area contributed by atoms with E-state index in [1.807, 2.05) is 7.05 Å². The number of rotatable bonds is 5. The van der Waals surface area contributed by atoms with E-state index in [0.29, 0.717) is 6.04 Å². The molecule has 0 spiro atoms. The summed E-state index contributed by atoms with van der Waals surface area (Å²) in [7, 11) is 1.98. The van der Waals surface area contributed by atoms with Crippen molar-refractivity contribution in [3.05, 3.63) is 34.9 Å². The first-order chi connectivity index (χ1) is 7.15. The normalized spacial score (nSPS) is 12.8. The molecule has 0 aliphatic rings. The summed E-state index contributed by atoms with van der Waals surface area (Å²) < 4.78 is 0. The molecule has 1 unspecified atom stereocenters. The van der Waals surface area contributed by atoms with Crippen molar-refractivity contribution >= 4 is 0 Å². The molecular weight excluding hydrogens is 184 g/mol. The van der Waals surface area contributed by atoms with Crippen molar-refractivity contribution in [2.24, 2.45) is 0 Å². The minimum absolute atomic E-state index is 0.509. The highest BCUT2D eigenvalue weighted by Gasteiger charge is 2.03. The molecule has 0 aromatic heterocycles. The lowest BCUT2D eigenvalue weighted by Gasteiger charge is -2.15. The van der Waals surface area contributed by atoms with Gasteiger partial charge in [0.2, 0.25) is 0 Å². The van der Waals surface area contributed by atoms with Crippen molar-refractivity contribution in [3.63, 3.8) is 0 Å². The Morgan fingerprint density at radius 2 is 2.00 bits per heavy atom. The summed E-state index contributed by atoms with van der Waals surface area (Å²) in [5, 5.41) is 6.67. The van der Waals surface area contributed by atoms with Crippen LogP contribution < -0.4 is 10.6 Å². The summed E-state index contributed by atoms with van der Waals surface area (Å²) in [6.07, 6.45) is 0. The highest BCUT2D eigenvalue weighted by atomic mass is 15.0. The Morgan fingerprint density at radius 3 is 2.67 bits per heavy atom. The fourth-order valence-electron chi connectivity index (χ4n) is 1.67. The number of aryl methyl sites for hydroxylation is 1. The van der Waals surface area contributed by atoms with E-state index in [0.717, 1.165) is 13.1 Å². The molecule has 2 nitrogen and oxygen atoms in total. The fraction of sp³-hybridized carbons (Fsp3) is 0.538. The molecule has 0 heterocycles. The molecule has 1 atom stereocenters. The molecule has 0 aliphatic carbocycles. The van der Waals surface area contributed by atoms with Gasteiger partial charge in [-0.3, -0.25) is 0 Å². The predicted octanol–water partition coefficient (Wildman–Crippen LogP) is 2.00. The minimum atomic E-state index is 0.509. The zero-order chi connectivity index (χ0) is 11.3. The van der Waals surface area contributed by atoms with Crippen molar-refractivity contribution in [2.75, 3.05) is 13.6 Å². The highest BCUT2D eigenvalue weighted by molar-refractivity contribution is 5.32. The maximum Gasteiger partial charge on any atom is 0.0211 e. The van der Waals surface area contributed by atoms with E-state index in [-0.39, 0.29) is 0 Å². The van der Waals surface area contributed by atoms with Crippen LogP contribution in [0.2, 0.25) is 0 Å². The van der Waals surface area contributed by atoms with Crippen LogP contribution in [0.15, 0.2) is 18.2 Å². The summed E-state index contributed by atoms with van der Waals surface area (Å²) in [5.74, 6) is 0. The van der Waals surface area contributed by atoms with Gasteiger partial charge in [0.15, 0.2) is 0 Å². The quantitative estimate of drug-likeness (QED) is 0.770. The van der Waals surface area contributed by atoms with Crippen molar-refractivity contribution in [2.45, 2.75) is 33.4 Å². The van der Waals surface area contributed by atoms with Crippen molar-refractivity contribution in [1.29, 1.82) is 0 Å². The van der Waals surface area contributed by atoms with Crippen LogP contribution >= 0.6 is 0 Å². The van der Waals surface area contributed by atoms with Crippen LogP contribution in [0, 0.1) is 13.8 Å². The molecule has 0 saturated carbocycles. The van der Waals surface area contributed by atoms with Gasteiger partial charge in [-0.15, -0.1) is 0 Å². The Bertz CT molecular complexity index is 307. The number of likely N-dealkylation sites (N-methyl/N-ethyl adjacent to an activating group) is 1. The fourth-order valence-corrected chi connectivity index (χ4v) is 1.67. The van der Waals surface area contributed by atoms with Crippen LogP contribution in [0.1, 0.15) is 23.6 Å². The molecule has 84 valence electrons. The summed E-state index contributed by atoms with van der Waals surface area (Å²) in [6, 6.07) is 6.99. The molecule has 0 aliphatic heterocycles. The first kappa shape index (κ1) is 12.2. The molecule has 0 fully saturated rings. The van der Waals surface area contributed by atoms with Crippen molar-refractivity contribution in [3.8, 4) is 0 Å². The third-order valence-corrected chi connectivity index (χ3v) is 2.87. The zero-order valence-corrected chi connectivity index (χ0v) is 10.2. The van der Waals surface area contributed by atoms with E-state index in [2.05, 4.69) is 49.6 Å². The Balaban J connectivity index is 2.54. The lowest BCUT2D eigenvalue weighted by Crippen LogP contribution is -2.34. The summed E-state index contributed by atoms with van der Waals surface area (Å²) in [5.41, 5.74) is 4.18. The van der Waals surface area contributed by atoms with Crippen LogP contribution in [-0.4, -0.2) is 19.6 Å². The lowest BCUT2D eigenvalue weighted by atomic mass is 10.0. The number of hydrogen-bond acceptors (Lipinski definition) is 2. The van der Waals surface area contributed by atoms with E-state index in [9.17, 15) is 0 Å². The molecule has 2 N–H and O–H groups in total. The standard InChI is InChI=1S/C13H22N2/c1-10-6-5-7-13(12(10)3)9-15-11(2)8-14-4/h5-7,11,14-15H,8-9H2,1-4H3. The molecule has 0 amide bonds. The lowest BCUT2D eigenvalue weighted by molar-refractivity contribution is 0.522. The monoisotopic (exact) mass is 206 g/mol. The average Bonchev–Trinajstić information content (AvgIpc) is 2.21. The zero-order valence-electron chi connectivity index (χ0n) is 10.2. The molecule has 1 aromatic carbocycles. The van der Waals surface area contributed by atoms with Gasteiger partial charge in [-0.2, -0.15) is 0 Å². The maximum absolute atomic E-state index is 3.51. The largest absolute Gasteiger partial charge is 0.318 e. The second kappa shape index (κ2) is 5.89. The van der Waals surface area contributed by atoms with Crippen molar-refractivity contribution < 1.29 is 0 Å².